The summed E-state index contributed by atoms with van der Waals surface area (Å²) in [5.41, 5.74) is 0.112. The van der Waals surface area contributed by atoms with Crippen LogP contribution in [0.2, 0.25) is 0 Å². The molecule has 4 aromatic heterocycles. The van der Waals surface area contributed by atoms with Crippen molar-refractivity contribution in [2.24, 2.45) is 0 Å². The van der Waals surface area contributed by atoms with E-state index in [1.807, 2.05) is 24.3 Å². The molecule has 0 amide bonds. The Hall–Kier alpha value is -9.97. The molecular formula is C66H34F12Gd2N4O12. The Bertz CT molecular complexity index is 4060. The Morgan fingerprint density at radius 2 is 0.375 bits per heavy atom. The fraction of sp³-hybridized carbons (Fsp3) is 0. The maximum absolute atomic E-state index is 12.4. The topological polar surface area (TPSA) is 292 Å². The van der Waals surface area contributed by atoms with Crippen molar-refractivity contribution < 1.29 is 192 Å². The number of halogens is 12. The van der Waals surface area contributed by atoms with Crippen molar-refractivity contribution in [3.05, 3.63) is 310 Å². The van der Waals surface area contributed by atoms with Crippen molar-refractivity contribution in [2.45, 2.75) is 0 Å². The fourth-order valence-electron chi connectivity index (χ4n) is 7.29. The molecule has 0 spiro atoms. The molecule has 0 aliphatic heterocycles. The number of carboxylic acids is 6. The first kappa shape index (κ1) is 80.3. The molecule has 490 valence electrons. The van der Waals surface area contributed by atoms with Gasteiger partial charge in [-0.1, -0.05) is 48.5 Å². The first-order valence-electron chi connectivity index (χ1n) is 25.7. The number of carboxylic acid groups (broad SMARTS) is 6. The van der Waals surface area contributed by atoms with Crippen LogP contribution in [0.3, 0.4) is 0 Å². The number of carbonyl (C=O) groups excluding carboxylic acids is 6. The van der Waals surface area contributed by atoms with Crippen molar-refractivity contribution in [2.75, 3.05) is 0 Å². The smallest absolute Gasteiger partial charge is 0.545 e. The van der Waals surface area contributed by atoms with Crippen LogP contribution in [0.4, 0.5) is 52.7 Å². The third kappa shape index (κ3) is 24.4. The Balaban J connectivity index is 0.000000286. The van der Waals surface area contributed by atoms with E-state index in [2.05, 4.69) is 68.5 Å². The van der Waals surface area contributed by atoms with Gasteiger partial charge < -0.3 is 59.4 Å². The average Bonchev–Trinajstić information content (AvgIpc) is 0.809. The molecule has 8 aromatic carbocycles. The number of benzene rings is 8. The van der Waals surface area contributed by atoms with Gasteiger partial charge in [0, 0.05) is 116 Å². The molecule has 0 fully saturated rings. The predicted molar refractivity (Wildman–Crippen MR) is 298 cm³/mol. The van der Waals surface area contributed by atoms with Crippen LogP contribution in [0.15, 0.2) is 207 Å². The van der Waals surface area contributed by atoms with Crippen LogP contribution in [0.25, 0.3) is 43.6 Å². The molecule has 0 unspecified atom stereocenters. The monoisotopic (exact) mass is 1620 g/mol. The summed E-state index contributed by atoms with van der Waals surface area (Å²) in [4.78, 5) is 77.7. The van der Waals surface area contributed by atoms with Gasteiger partial charge in [0.15, 0.2) is 0 Å². The summed E-state index contributed by atoms with van der Waals surface area (Å²) in [7, 11) is 0. The summed E-state index contributed by atoms with van der Waals surface area (Å²) < 4.78 is 148. The van der Waals surface area contributed by atoms with Gasteiger partial charge in [-0.05, 0) is 97.1 Å². The summed E-state index contributed by atoms with van der Waals surface area (Å²) in [6, 6.07) is 37.3. The van der Waals surface area contributed by atoms with Crippen molar-refractivity contribution in [3.8, 4) is 0 Å². The second-order valence-corrected chi connectivity index (χ2v) is 17.9. The fourth-order valence-corrected chi connectivity index (χ4v) is 7.29. The second-order valence-electron chi connectivity index (χ2n) is 17.9. The maximum Gasteiger partial charge on any atom is 3.00 e. The summed E-state index contributed by atoms with van der Waals surface area (Å²) >= 11 is 0. The van der Waals surface area contributed by atoms with Crippen molar-refractivity contribution >= 4 is 79.4 Å². The van der Waals surface area contributed by atoms with Crippen LogP contribution in [-0.2, 0) is 0 Å². The largest absolute Gasteiger partial charge is 3.00 e. The molecule has 0 aliphatic rings. The molecule has 2 radical (unpaired) electrons. The number of fused-ring (bicyclic) bond motifs is 6. The molecule has 4 heterocycles. The normalized spacial score (nSPS) is 9.79. The van der Waals surface area contributed by atoms with Crippen LogP contribution >= 0.6 is 0 Å². The molecular weight excluding hydrogens is 1580 g/mol. The SMILES string of the molecule is O=C([O-])c1ccc(F)cc1F.O=C([O-])c1ccc(F)cc1F.O=C([O-])c1ccc(F)cc1F.O=C([O-])c1ccc(F)cc1F.O=C([O-])c1ccc(F)cc1F.O=C([O-])c1ccc(F)cc1F.[Gd+3].[Gd+3].c1cnc2c(c1)ccc1cccnc12.c1cnc2c(c1)ccc1cccnc12. The number of hydrogen-bond donors (Lipinski definition) is 0. The van der Waals surface area contributed by atoms with Crippen molar-refractivity contribution in [3.63, 3.8) is 0 Å². The van der Waals surface area contributed by atoms with E-state index in [-0.39, 0.29) is 79.9 Å². The molecule has 0 saturated heterocycles. The number of nitrogens with zero attached hydrogens (tertiary/aromatic N) is 4. The predicted octanol–water partition coefficient (Wildman–Crippen LogP) is 7.54. The number of pyridine rings is 4. The van der Waals surface area contributed by atoms with Crippen LogP contribution in [0, 0.1) is 150 Å². The zero-order chi connectivity index (χ0) is 69.3. The Labute approximate surface area is 596 Å². The molecule has 0 saturated carbocycles. The van der Waals surface area contributed by atoms with Crippen LogP contribution in [0.5, 0.6) is 0 Å². The summed E-state index contributed by atoms with van der Waals surface area (Å²) in [6.07, 6.45) is 7.21. The molecule has 16 nitrogen and oxygen atoms in total. The third-order valence-electron chi connectivity index (χ3n) is 11.6. The van der Waals surface area contributed by atoms with Crippen molar-refractivity contribution in [1.29, 1.82) is 0 Å². The minimum atomic E-state index is -1.65. The van der Waals surface area contributed by atoms with Gasteiger partial charge in [-0.25, -0.2) is 52.7 Å². The van der Waals surface area contributed by atoms with Gasteiger partial charge in [0.05, 0.1) is 57.9 Å². The molecule has 0 aliphatic carbocycles. The van der Waals surface area contributed by atoms with E-state index in [4.69, 9.17) is 0 Å². The molecule has 0 N–H and O–H groups in total. The van der Waals surface area contributed by atoms with E-state index < -0.39 is 139 Å². The summed E-state index contributed by atoms with van der Waals surface area (Å²) in [5.74, 6) is -21.5. The van der Waals surface area contributed by atoms with E-state index in [9.17, 15) is 112 Å². The van der Waals surface area contributed by atoms with Gasteiger partial charge in [0.25, 0.3) is 0 Å². The van der Waals surface area contributed by atoms with Crippen LogP contribution in [0.1, 0.15) is 62.1 Å². The Kier molecular flexibility index (Phi) is 32.6. The number of hydrogen-bond acceptors (Lipinski definition) is 16. The van der Waals surface area contributed by atoms with E-state index in [0.29, 0.717) is 36.4 Å². The van der Waals surface area contributed by atoms with Crippen LogP contribution in [-0.4, -0.2) is 55.8 Å². The first-order valence-corrected chi connectivity index (χ1v) is 25.7. The Morgan fingerprint density at radius 3 is 0.500 bits per heavy atom. The van der Waals surface area contributed by atoms with Gasteiger partial charge in [-0.2, -0.15) is 0 Å². The standard InChI is InChI=1S/2C12H8N2.6C7H4F2O2.2Gd/c2*1-3-9-5-6-10-4-2-8-14-12(10)11(9)13-7-1;6*8-4-1-2-5(7(10)11)6(9)3-4;;/h2*1-8H;6*1-3H,(H,10,11);;/q;;;;;;;;2*+3/p-6. The molecule has 96 heavy (non-hydrogen) atoms. The van der Waals surface area contributed by atoms with Gasteiger partial charge in [-0.3, -0.25) is 19.9 Å². The quantitative estimate of drug-likeness (QED) is 0.115. The zero-order valence-corrected chi connectivity index (χ0v) is 52.1. The van der Waals surface area contributed by atoms with Gasteiger partial charge in [0.2, 0.25) is 0 Å². The van der Waals surface area contributed by atoms with E-state index in [1.165, 1.54) is 0 Å². The van der Waals surface area contributed by atoms with Gasteiger partial charge in [0.1, 0.15) is 69.8 Å². The molecule has 12 rings (SSSR count). The molecule has 30 heteroatoms. The minimum Gasteiger partial charge on any atom is -0.545 e. The number of aromatic carboxylic acids is 6. The van der Waals surface area contributed by atoms with E-state index in [1.54, 1.807) is 24.8 Å². The zero-order valence-electron chi connectivity index (χ0n) is 47.6. The molecule has 12 aromatic rings. The minimum absolute atomic E-state index is 0. The van der Waals surface area contributed by atoms with Gasteiger partial charge >= 0.3 is 79.9 Å². The third-order valence-corrected chi connectivity index (χ3v) is 11.6. The first-order chi connectivity index (χ1) is 44.6. The summed E-state index contributed by atoms with van der Waals surface area (Å²) in [5, 5.41) is 64.9. The summed E-state index contributed by atoms with van der Waals surface area (Å²) in [6.45, 7) is 0. The van der Waals surface area contributed by atoms with Crippen LogP contribution < -0.4 is 30.6 Å². The maximum atomic E-state index is 12.4. The van der Waals surface area contributed by atoms with Gasteiger partial charge in [-0.15, -0.1) is 0 Å². The molecule has 0 bridgehead atoms. The van der Waals surface area contributed by atoms with E-state index in [0.717, 1.165) is 116 Å². The van der Waals surface area contributed by atoms with E-state index >= 15 is 0 Å². The number of rotatable bonds is 6. The Morgan fingerprint density at radius 1 is 0.229 bits per heavy atom. The number of aromatic nitrogens is 4. The second kappa shape index (κ2) is 39.0. The average molecular weight is 1620 g/mol. The molecule has 0 atom stereocenters. The number of carbonyl (C=O) groups is 6. The van der Waals surface area contributed by atoms with Crippen molar-refractivity contribution in [1.82, 2.24) is 19.9 Å².